The standard InChI is InChI=1S/C12H18F2N2O2/c1-2-12(6-17,7-18)16-9-4-3-8(5-15)10(13)11(9)14/h3-4,16-18H,2,5-7,15H2,1H3. The summed E-state index contributed by atoms with van der Waals surface area (Å²) in [5.41, 5.74) is 4.17. The van der Waals surface area contributed by atoms with Crippen molar-refractivity contribution in [2.75, 3.05) is 18.5 Å². The van der Waals surface area contributed by atoms with E-state index >= 15 is 0 Å². The first-order valence-electron chi connectivity index (χ1n) is 5.70. The lowest BCUT2D eigenvalue weighted by atomic mass is 9.97. The van der Waals surface area contributed by atoms with Gasteiger partial charge in [0.05, 0.1) is 24.4 Å². The zero-order valence-electron chi connectivity index (χ0n) is 10.2. The van der Waals surface area contributed by atoms with Crippen molar-refractivity contribution in [1.82, 2.24) is 0 Å². The second-order valence-corrected chi connectivity index (χ2v) is 4.18. The maximum Gasteiger partial charge on any atom is 0.182 e. The van der Waals surface area contributed by atoms with Crippen LogP contribution < -0.4 is 11.1 Å². The number of hydrogen-bond acceptors (Lipinski definition) is 4. The van der Waals surface area contributed by atoms with Gasteiger partial charge in [0.2, 0.25) is 0 Å². The fraction of sp³-hybridized carbons (Fsp3) is 0.500. The Morgan fingerprint density at radius 1 is 1.22 bits per heavy atom. The molecular weight excluding hydrogens is 242 g/mol. The van der Waals surface area contributed by atoms with E-state index in [1.165, 1.54) is 12.1 Å². The van der Waals surface area contributed by atoms with E-state index in [0.29, 0.717) is 6.42 Å². The summed E-state index contributed by atoms with van der Waals surface area (Å²) in [6, 6.07) is 2.71. The molecule has 1 aromatic carbocycles. The van der Waals surface area contributed by atoms with Gasteiger partial charge in [0.25, 0.3) is 0 Å². The van der Waals surface area contributed by atoms with E-state index < -0.39 is 17.2 Å². The molecule has 0 aliphatic carbocycles. The van der Waals surface area contributed by atoms with Crippen LogP contribution in [0, 0.1) is 11.6 Å². The Morgan fingerprint density at radius 3 is 2.28 bits per heavy atom. The number of nitrogens with two attached hydrogens (primary N) is 1. The molecular formula is C12H18F2N2O2. The number of aliphatic hydroxyl groups is 2. The molecule has 0 aliphatic heterocycles. The average Bonchev–Trinajstić information content (AvgIpc) is 2.41. The lowest BCUT2D eigenvalue weighted by molar-refractivity contribution is 0.132. The Hall–Kier alpha value is -1.24. The molecule has 0 aliphatic rings. The number of aliphatic hydroxyl groups excluding tert-OH is 2. The molecule has 0 atom stereocenters. The Kier molecular flexibility index (Phi) is 5.01. The molecule has 0 fully saturated rings. The van der Waals surface area contributed by atoms with Gasteiger partial charge in [0.1, 0.15) is 0 Å². The van der Waals surface area contributed by atoms with Crippen LogP contribution in [-0.4, -0.2) is 29.0 Å². The largest absolute Gasteiger partial charge is 0.394 e. The molecule has 0 bridgehead atoms. The molecule has 0 spiro atoms. The van der Waals surface area contributed by atoms with Gasteiger partial charge in [-0.15, -0.1) is 0 Å². The number of rotatable bonds is 6. The maximum absolute atomic E-state index is 13.7. The van der Waals surface area contributed by atoms with Crippen LogP contribution in [0.1, 0.15) is 18.9 Å². The van der Waals surface area contributed by atoms with Crippen molar-refractivity contribution >= 4 is 5.69 Å². The van der Waals surface area contributed by atoms with Gasteiger partial charge in [-0.05, 0) is 12.5 Å². The second kappa shape index (κ2) is 6.08. The van der Waals surface area contributed by atoms with Gasteiger partial charge in [0, 0.05) is 12.1 Å². The minimum atomic E-state index is -1.07. The smallest absolute Gasteiger partial charge is 0.182 e. The molecule has 6 heteroatoms. The quantitative estimate of drug-likeness (QED) is 0.614. The number of anilines is 1. The van der Waals surface area contributed by atoms with Crippen molar-refractivity contribution in [3.63, 3.8) is 0 Å². The van der Waals surface area contributed by atoms with Gasteiger partial charge in [-0.2, -0.15) is 0 Å². The number of halogens is 2. The van der Waals surface area contributed by atoms with Crippen molar-refractivity contribution in [2.45, 2.75) is 25.4 Å². The van der Waals surface area contributed by atoms with E-state index in [2.05, 4.69) is 5.32 Å². The highest BCUT2D eigenvalue weighted by atomic mass is 19.2. The summed E-state index contributed by atoms with van der Waals surface area (Å²) in [7, 11) is 0. The summed E-state index contributed by atoms with van der Waals surface area (Å²) in [6.07, 6.45) is 0.361. The van der Waals surface area contributed by atoms with Crippen LogP contribution in [0.3, 0.4) is 0 Å². The average molecular weight is 260 g/mol. The van der Waals surface area contributed by atoms with E-state index in [1.54, 1.807) is 6.92 Å². The molecule has 0 radical (unpaired) electrons. The Morgan fingerprint density at radius 2 is 1.83 bits per heavy atom. The van der Waals surface area contributed by atoms with Crippen LogP contribution in [0.15, 0.2) is 12.1 Å². The van der Waals surface area contributed by atoms with E-state index in [1.807, 2.05) is 0 Å². The first-order valence-corrected chi connectivity index (χ1v) is 5.70. The normalized spacial score (nSPS) is 11.7. The molecule has 5 N–H and O–H groups in total. The monoisotopic (exact) mass is 260 g/mol. The highest BCUT2D eigenvalue weighted by molar-refractivity contribution is 5.49. The number of nitrogens with one attached hydrogen (secondary N) is 1. The Balaban J connectivity index is 3.08. The van der Waals surface area contributed by atoms with Crippen molar-refractivity contribution in [3.05, 3.63) is 29.3 Å². The topological polar surface area (TPSA) is 78.5 Å². The van der Waals surface area contributed by atoms with Crippen LogP contribution in [-0.2, 0) is 6.54 Å². The van der Waals surface area contributed by atoms with Gasteiger partial charge < -0.3 is 21.3 Å². The van der Waals surface area contributed by atoms with E-state index in [4.69, 9.17) is 5.73 Å². The van der Waals surface area contributed by atoms with Gasteiger partial charge in [-0.3, -0.25) is 0 Å². The van der Waals surface area contributed by atoms with E-state index in [9.17, 15) is 19.0 Å². The molecule has 4 nitrogen and oxygen atoms in total. The maximum atomic E-state index is 13.7. The Labute approximate surface area is 104 Å². The van der Waals surface area contributed by atoms with Crippen LogP contribution in [0.5, 0.6) is 0 Å². The van der Waals surface area contributed by atoms with Crippen molar-refractivity contribution < 1.29 is 19.0 Å². The van der Waals surface area contributed by atoms with Gasteiger partial charge >= 0.3 is 0 Å². The van der Waals surface area contributed by atoms with Crippen LogP contribution in [0.2, 0.25) is 0 Å². The summed E-state index contributed by atoms with van der Waals surface area (Å²) in [4.78, 5) is 0. The lowest BCUT2D eigenvalue weighted by Crippen LogP contribution is -2.45. The summed E-state index contributed by atoms with van der Waals surface area (Å²) < 4.78 is 27.3. The molecule has 1 rings (SSSR count). The zero-order valence-corrected chi connectivity index (χ0v) is 10.2. The van der Waals surface area contributed by atoms with E-state index in [0.717, 1.165) is 0 Å². The third-order valence-corrected chi connectivity index (χ3v) is 3.06. The first-order chi connectivity index (χ1) is 8.53. The number of benzene rings is 1. The van der Waals surface area contributed by atoms with Crippen LogP contribution in [0.25, 0.3) is 0 Å². The molecule has 0 amide bonds. The van der Waals surface area contributed by atoms with Crippen molar-refractivity contribution in [3.8, 4) is 0 Å². The lowest BCUT2D eigenvalue weighted by Gasteiger charge is -2.31. The molecule has 0 saturated heterocycles. The highest BCUT2D eigenvalue weighted by Gasteiger charge is 2.28. The third-order valence-electron chi connectivity index (χ3n) is 3.06. The summed E-state index contributed by atoms with van der Waals surface area (Å²) in [5.74, 6) is -2.07. The minimum absolute atomic E-state index is 0.0770. The van der Waals surface area contributed by atoms with Crippen molar-refractivity contribution in [2.24, 2.45) is 5.73 Å². The predicted octanol–water partition coefficient (Wildman–Crippen LogP) is 0.969. The molecule has 0 unspecified atom stereocenters. The first kappa shape index (κ1) is 14.8. The predicted molar refractivity (Wildman–Crippen MR) is 65.1 cm³/mol. The van der Waals surface area contributed by atoms with Crippen LogP contribution >= 0.6 is 0 Å². The third kappa shape index (κ3) is 2.77. The summed E-state index contributed by atoms with van der Waals surface area (Å²) >= 11 is 0. The van der Waals surface area contributed by atoms with Gasteiger partial charge in [0.15, 0.2) is 11.6 Å². The molecule has 0 saturated carbocycles. The summed E-state index contributed by atoms with van der Waals surface area (Å²) in [6.45, 7) is 0.851. The molecule has 1 aromatic rings. The van der Waals surface area contributed by atoms with E-state index in [-0.39, 0.29) is 31.0 Å². The molecule has 0 heterocycles. The second-order valence-electron chi connectivity index (χ2n) is 4.18. The zero-order chi connectivity index (χ0) is 13.8. The minimum Gasteiger partial charge on any atom is -0.394 e. The Bertz CT molecular complexity index is 401. The molecule has 102 valence electrons. The molecule has 18 heavy (non-hydrogen) atoms. The fourth-order valence-electron chi connectivity index (χ4n) is 1.57. The van der Waals surface area contributed by atoms with Gasteiger partial charge in [-0.1, -0.05) is 13.0 Å². The highest BCUT2D eigenvalue weighted by Crippen LogP contribution is 2.24. The van der Waals surface area contributed by atoms with Gasteiger partial charge in [-0.25, -0.2) is 8.78 Å². The summed E-state index contributed by atoms with van der Waals surface area (Å²) in [5, 5.41) is 21.1. The number of hydrogen-bond donors (Lipinski definition) is 4. The fourth-order valence-corrected chi connectivity index (χ4v) is 1.57. The SMILES string of the molecule is CCC(CO)(CO)Nc1ccc(CN)c(F)c1F. The molecule has 0 aromatic heterocycles. The van der Waals surface area contributed by atoms with Crippen LogP contribution in [0.4, 0.5) is 14.5 Å². The van der Waals surface area contributed by atoms with Crippen molar-refractivity contribution in [1.29, 1.82) is 0 Å².